The second-order valence-electron chi connectivity index (χ2n) is 7.08. The second kappa shape index (κ2) is 7.85. The molecule has 1 atom stereocenters. The van der Waals surface area contributed by atoms with Crippen LogP contribution in [0.15, 0.2) is 0 Å². The predicted molar refractivity (Wildman–Crippen MR) is 82.0 cm³/mol. The second-order valence-corrected chi connectivity index (χ2v) is 7.08. The third-order valence-corrected chi connectivity index (χ3v) is 2.92. The maximum absolute atomic E-state index is 12.0. The summed E-state index contributed by atoms with van der Waals surface area (Å²) in [7, 11) is 0. The Morgan fingerprint density at radius 3 is 2.05 bits per heavy atom. The highest BCUT2D eigenvalue weighted by molar-refractivity contribution is 5.77. The van der Waals surface area contributed by atoms with Crippen LogP contribution in [0.4, 0.5) is 0 Å². The molecule has 0 saturated carbocycles. The molecule has 1 unspecified atom stereocenters. The molecule has 3 N–H and O–H groups in total. The van der Waals surface area contributed by atoms with Gasteiger partial charge in [0.25, 0.3) is 0 Å². The highest BCUT2D eigenvalue weighted by Gasteiger charge is 2.24. The van der Waals surface area contributed by atoms with Crippen LogP contribution in [0.25, 0.3) is 0 Å². The third-order valence-electron chi connectivity index (χ3n) is 2.92. The van der Waals surface area contributed by atoms with Gasteiger partial charge >= 0.3 is 0 Å². The Labute approximate surface area is 119 Å². The van der Waals surface area contributed by atoms with Gasteiger partial charge in [-0.2, -0.15) is 0 Å². The lowest BCUT2D eigenvalue weighted by atomic mass is 10.0. The molecule has 0 aliphatic rings. The fraction of sp³-hybridized carbons (Fsp3) is 0.933. The summed E-state index contributed by atoms with van der Waals surface area (Å²) in [6, 6.07) is 0.517. The van der Waals surface area contributed by atoms with Crippen molar-refractivity contribution in [1.82, 2.24) is 10.2 Å². The summed E-state index contributed by atoms with van der Waals surface area (Å²) in [4.78, 5) is 14.4. The van der Waals surface area contributed by atoms with E-state index in [0.29, 0.717) is 24.9 Å². The first-order valence-corrected chi connectivity index (χ1v) is 7.33. The quantitative estimate of drug-likeness (QED) is 0.744. The van der Waals surface area contributed by atoms with Crippen LogP contribution in [-0.4, -0.2) is 41.5 Å². The zero-order chi connectivity index (χ0) is 15.2. The van der Waals surface area contributed by atoms with Crippen molar-refractivity contribution in [2.75, 3.05) is 13.1 Å². The van der Waals surface area contributed by atoms with Crippen LogP contribution < -0.4 is 11.1 Å². The molecule has 0 aliphatic heterocycles. The number of hydrogen-bond donors (Lipinski definition) is 2. The van der Waals surface area contributed by atoms with Crippen LogP contribution in [0.2, 0.25) is 0 Å². The largest absolute Gasteiger partial charge is 0.351 e. The fourth-order valence-corrected chi connectivity index (χ4v) is 2.22. The minimum Gasteiger partial charge on any atom is -0.351 e. The van der Waals surface area contributed by atoms with Gasteiger partial charge in [-0.15, -0.1) is 0 Å². The average Bonchev–Trinajstić information content (AvgIpc) is 2.19. The Balaban J connectivity index is 4.64. The minimum atomic E-state index is -0.184. The molecule has 0 saturated heterocycles. The summed E-state index contributed by atoms with van der Waals surface area (Å²) < 4.78 is 0. The van der Waals surface area contributed by atoms with Gasteiger partial charge in [-0.05, 0) is 40.5 Å². The van der Waals surface area contributed by atoms with E-state index in [4.69, 9.17) is 5.73 Å². The summed E-state index contributed by atoms with van der Waals surface area (Å²) in [5.74, 6) is 0.652. The Morgan fingerprint density at radius 1 is 1.21 bits per heavy atom. The Hall–Kier alpha value is -0.610. The summed E-state index contributed by atoms with van der Waals surface area (Å²) in [6.07, 6.45) is 0.471. The Kier molecular flexibility index (Phi) is 7.60. The molecule has 0 aromatic rings. The highest BCUT2D eigenvalue weighted by atomic mass is 16.1. The van der Waals surface area contributed by atoms with Gasteiger partial charge in [0.1, 0.15) is 0 Å². The molecule has 0 bridgehead atoms. The van der Waals surface area contributed by atoms with E-state index in [0.717, 1.165) is 6.54 Å². The molecule has 0 fully saturated rings. The van der Waals surface area contributed by atoms with Gasteiger partial charge < -0.3 is 11.1 Å². The van der Waals surface area contributed by atoms with Crippen molar-refractivity contribution in [2.45, 2.75) is 72.5 Å². The fourth-order valence-electron chi connectivity index (χ4n) is 2.22. The van der Waals surface area contributed by atoms with Crippen LogP contribution in [0.3, 0.4) is 0 Å². The molecule has 0 aromatic carbocycles. The number of amides is 1. The summed E-state index contributed by atoms with van der Waals surface area (Å²) in [5.41, 5.74) is 5.69. The van der Waals surface area contributed by atoms with Gasteiger partial charge in [-0.3, -0.25) is 9.69 Å². The monoisotopic (exact) mass is 271 g/mol. The molecule has 0 spiro atoms. The van der Waals surface area contributed by atoms with Gasteiger partial charge in [0.15, 0.2) is 0 Å². The molecule has 4 nitrogen and oxygen atoms in total. The van der Waals surface area contributed by atoms with Crippen LogP contribution in [-0.2, 0) is 4.79 Å². The van der Waals surface area contributed by atoms with Gasteiger partial charge in [0.2, 0.25) is 5.91 Å². The Morgan fingerprint density at radius 2 is 1.74 bits per heavy atom. The highest BCUT2D eigenvalue weighted by Crippen LogP contribution is 2.12. The van der Waals surface area contributed by atoms with Gasteiger partial charge in [-0.1, -0.05) is 13.8 Å². The molecular formula is C15H33N3O. The summed E-state index contributed by atoms with van der Waals surface area (Å²) in [5, 5.41) is 3.01. The summed E-state index contributed by atoms with van der Waals surface area (Å²) in [6.45, 7) is 16.2. The van der Waals surface area contributed by atoms with Crippen molar-refractivity contribution in [3.05, 3.63) is 0 Å². The SMILES string of the molecule is CC(C)CN(C(C)C)C(CN)CC(=O)NC(C)(C)C. The maximum atomic E-state index is 12.0. The number of nitrogens with zero attached hydrogens (tertiary/aromatic N) is 1. The topological polar surface area (TPSA) is 58.4 Å². The standard InChI is InChI=1S/C15H33N3O/c1-11(2)10-18(12(3)4)13(9-16)8-14(19)17-15(5,6)7/h11-13H,8-10,16H2,1-7H3,(H,17,19). The molecule has 0 aliphatic carbocycles. The minimum absolute atomic E-state index is 0.0809. The van der Waals surface area contributed by atoms with Crippen molar-refractivity contribution in [1.29, 1.82) is 0 Å². The number of hydrogen-bond acceptors (Lipinski definition) is 3. The molecular weight excluding hydrogens is 238 g/mol. The van der Waals surface area contributed by atoms with Crippen molar-refractivity contribution in [3.8, 4) is 0 Å². The van der Waals surface area contributed by atoms with E-state index in [1.807, 2.05) is 20.8 Å². The molecule has 0 heterocycles. The normalized spacial score (nSPS) is 14.3. The van der Waals surface area contributed by atoms with Gasteiger partial charge in [-0.25, -0.2) is 0 Å². The van der Waals surface area contributed by atoms with Crippen LogP contribution in [0.5, 0.6) is 0 Å². The van der Waals surface area contributed by atoms with E-state index in [1.165, 1.54) is 0 Å². The molecule has 4 heteroatoms. The lowest BCUT2D eigenvalue weighted by Crippen LogP contribution is -2.50. The van der Waals surface area contributed by atoms with E-state index in [-0.39, 0.29) is 17.5 Å². The smallest absolute Gasteiger partial charge is 0.222 e. The lowest BCUT2D eigenvalue weighted by Gasteiger charge is -2.36. The number of nitrogens with two attached hydrogens (primary N) is 1. The zero-order valence-corrected chi connectivity index (χ0v) is 13.8. The van der Waals surface area contributed by atoms with Gasteiger partial charge in [0, 0.05) is 37.1 Å². The number of nitrogens with one attached hydrogen (secondary N) is 1. The average molecular weight is 271 g/mol. The van der Waals surface area contributed by atoms with E-state index < -0.39 is 0 Å². The molecule has 0 rings (SSSR count). The van der Waals surface area contributed by atoms with E-state index in [1.54, 1.807) is 0 Å². The Bertz CT molecular complexity index is 269. The molecule has 114 valence electrons. The van der Waals surface area contributed by atoms with Crippen LogP contribution in [0.1, 0.15) is 54.9 Å². The van der Waals surface area contributed by atoms with E-state index >= 15 is 0 Å². The number of carbonyl (C=O) groups excluding carboxylic acids is 1. The van der Waals surface area contributed by atoms with Crippen molar-refractivity contribution in [2.24, 2.45) is 11.7 Å². The number of carbonyl (C=O) groups is 1. The molecule has 0 radical (unpaired) electrons. The van der Waals surface area contributed by atoms with Crippen LogP contribution >= 0.6 is 0 Å². The van der Waals surface area contributed by atoms with Crippen molar-refractivity contribution < 1.29 is 4.79 Å². The van der Waals surface area contributed by atoms with E-state index in [2.05, 4.69) is 37.9 Å². The van der Waals surface area contributed by atoms with Gasteiger partial charge in [0.05, 0.1) is 0 Å². The van der Waals surface area contributed by atoms with Crippen molar-refractivity contribution in [3.63, 3.8) is 0 Å². The maximum Gasteiger partial charge on any atom is 0.222 e. The third kappa shape index (κ3) is 8.22. The number of rotatable bonds is 7. The predicted octanol–water partition coefficient (Wildman–Crippen LogP) is 1.98. The molecule has 1 amide bonds. The summed E-state index contributed by atoms with van der Waals surface area (Å²) >= 11 is 0. The lowest BCUT2D eigenvalue weighted by molar-refractivity contribution is -0.123. The van der Waals surface area contributed by atoms with Crippen molar-refractivity contribution >= 4 is 5.91 Å². The first-order chi connectivity index (χ1) is 8.56. The first-order valence-electron chi connectivity index (χ1n) is 7.33. The molecule has 0 aromatic heterocycles. The zero-order valence-electron chi connectivity index (χ0n) is 13.8. The first kappa shape index (κ1) is 18.4. The molecule has 19 heavy (non-hydrogen) atoms. The van der Waals surface area contributed by atoms with Crippen LogP contribution in [0, 0.1) is 5.92 Å². The van der Waals surface area contributed by atoms with E-state index in [9.17, 15) is 4.79 Å².